The number of aromatic nitrogens is 3. The van der Waals surface area contributed by atoms with E-state index in [1.54, 1.807) is 22.2 Å². The molecule has 0 unspecified atom stereocenters. The van der Waals surface area contributed by atoms with Crippen LogP contribution in [0.1, 0.15) is 16.0 Å². The lowest BCUT2D eigenvalue weighted by molar-refractivity contribution is 0.651. The molecule has 1 aliphatic heterocycles. The highest BCUT2D eigenvalue weighted by molar-refractivity contribution is 7.18. The van der Waals surface area contributed by atoms with E-state index in [1.165, 1.54) is 21.4 Å². The second-order valence-electron chi connectivity index (χ2n) is 6.46. The summed E-state index contributed by atoms with van der Waals surface area (Å²) in [5.74, 6) is 0. The van der Waals surface area contributed by atoms with Crippen LogP contribution in [-0.4, -0.2) is 21.1 Å². The van der Waals surface area contributed by atoms with Gasteiger partial charge >= 0.3 is 0 Å². The molecule has 0 saturated carbocycles. The van der Waals surface area contributed by atoms with E-state index in [-0.39, 0.29) is 5.56 Å². The Morgan fingerprint density at radius 2 is 2.20 bits per heavy atom. The molecule has 0 radical (unpaired) electrons. The summed E-state index contributed by atoms with van der Waals surface area (Å²) in [5.41, 5.74) is 3.68. The summed E-state index contributed by atoms with van der Waals surface area (Å²) in [5, 5.41) is 5.43. The quantitative estimate of drug-likeness (QED) is 0.597. The van der Waals surface area contributed by atoms with Crippen molar-refractivity contribution in [1.29, 1.82) is 0 Å². The monoisotopic (exact) mass is 350 g/mol. The van der Waals surface area contributed by atoms with Crippen LogP contribution in [0.4, 0.5) is 0 Å². The largest absolute Gasteiger partial charge is 0.361 e. The fourth-order valence-corrected chi connectivity index (χ4v) is 4.84. The molecule has 6 heteroatoms. The predicted octanol–water partition coefficient (Wildman–Crippen LogP) is 2.83. The Morgan fingerprint density at radius 1 is 1.28 bits per heavy atom. The average Bonchev–Trinajstić information content (AvgIpc) is 3.22. The lowest BCUT2D eigenvalue weighted by atomic mass is 10.1. The van der Waals surface area contributed by atoms with Crippen molar-refractivity contribution in [3.05, 3.63) is 63.1 Å². The standard InChI is InChI=1S/C19H18N4OS/c24-19-17-14-5-7-20-10-16(14)25-18(17)22-11-23(19)8-6-12-9-21-15-4-2-1-3-13(12)15/h1-4,9,11,20-21H,5-8,10H2. The Hall–Kier alpha value is -2.44. The maximum Gasteiger partial charge on any atom is 0.262 e. The molecular weight excluding hydrogens is 332 g/mol. The Morgan fingerprint density at radius 3 is 3.16 bits per heavy atom. The molecule has 5 rings (SSSR count). The summed E-state index contributed by atoms with van der Waals surface area (Å²) in [6.07, 6.45) is 5.47. The number of para-hydroxylation sites is 1. The Balaban J connectivity index is 1.51. The molecule has 4 aromatic rings. The zero-order chi connectivity index (χ0) is 16.8. The van der Waals surface area contributed by atoms with Gasteiger partial charge in [0.05, 0.1) is 11.7 Å². The van der Waals surface area contributed by atoms with E-state index < -0.39 is 0 Å². The highest BCUT2D eigenvalue weighted by Crippen LogP contribution is 2.29. The molecule has 126 valence electrons. The van der Waals surface area contributed by atoms with Crippen molar-refractivity contribution >= 4 is 32.5 Å². The zero-order valence-corrected chi connectivity index (χ0v) is 14.5. The number of aryl methyl sites for hydroxylation is 2. The fourth-order valence-electron chi connectivity index (χ4n) is 3.69. The third-order valence-electron chi connectivity index (χ3n) is 5.00. The van der Waals surface area contributed by atoms with E-state index >= 15 is 0 Å². The average molecular weight is 350 g/mol. The van der Waals surface area contributed by atoms with Crippen LogP contribution in [0.5, 0.6) is 0 Å². The number of fused-ring (bicyclic) bond motifs is 4. The van der Waals surface area contributed by atoms with E-state index in [1.807, 2.05) is 18.3 Å². The first kappa shape index (κ1) is 14.9. The van der Waals surface area contributed by atoms with E-state index in [0.717, 1.165) is 41.7 Å². The molecule has 0 aliphatic carbocycles. The third kappa shape index (κ3) is 2.41. The van der Waals surface area contributed by atoms with Crippen LogP contribution in [0, 0.1) is 0 Å². The molecule has 3 aromatic heterocycles. The Bertz CT molecular complexity index is 1140. The van der Waals surface area contributed by atoms with Gasteiger partial charge in [0, 0.05) is 35.1 Å². The number of hydrogen-bond acceptors (Lipinski definition) is 4. The van der Waals surface area contributed by atoms with Gasteiger partial charge in [-0.25, -0.2) is 4.98 Å². The fraction of sp³-hybridized carbons (Fsp3) is 0.263. The van der Waals surface area contributed by atoms with Crippen molar-refractivity contribution in [2.75, 3.05) is 6.54 Å². The highest BCUT2D eigenvalue weighted by atomic mass is 32.1. The summed E-state index contributed by atoms with van der Waals surface area (Å²) >= 11 is 1.65. The van der Waals surface area contributed by atoms with Gasteiger partial charge in [-0.05, 0) is 36.6 Å². The SMILES string of the molecule is O=c1c2c3c(sc2ncn1CCc1c[nH]c2ccccc12)CNCC3. The smallest absolute Gasteiger partial charge is 0.262 e. The maximum atomic E-state index is 13.0. The maximum absolute atomic E-state index is 13.0. The van der Waals surface area contributed by atoms with Gasteiger partial charge in [-0.15, -0.1) is 11.3 Å². The predicted molar refractivity (Wildman–Crippen MR) is 101 cm³/mol. The Kier molecular flexibility index (Phi) is 3.46. The first-order valence-electron chi connectivity index (χ1n) is 8.56. The van der Waals surface area contributed by atoms with Crippen molar-refractivity contribution in [3.63, 3.8) is 0 Å². The molecule has 0 saturated heterocycles. The minimum atomic E-state index is 0.101. The van der Waals surface area contributed by atoms with Crippen LogP contribution in [0.15, 0.2) is 41.6 Å². The van der Waals surface area contributed by atoms with E-state index in [9.17, 15) is 4.79 Å². The lowest BCUT2D eigenvalue weighted by Crippen LogP contribution is -2.25. The van der Waals surface area contributed by atoms with Gasteiger partial charge in [-0.3, -0.25) is 9.36 Å². The third-order valence-corrected chi connectivity index (χ3v) is 6.14. The van der Waals surface area contributed by atoms with Crippen molar-refractivity contribution in [3.8, 4) is 0 Å². The highest BCUT2D eigenvalue weighted by Gasteiger charge is 2.19. The molecule has 0 amide bonds. The van der Waals surface area contributed by atoms with E-state index in [0.29, 0.717) is 6.54 Å². The molecule has 1 aliphatic rings. The van der Waals surface area contributed by atoms with Crippen molar-refractivity contribution < 1.29 is 0 Å². The first-order chi connectivity index (χ1) is 12.3. The number of nitrogens with one attached hydrogen (secondary N) is 2. The van der Waals surface area contributed by atoms with Gasteiger partial charge in [0.2, 0.25) is 0 Å². The number of hydrogen-bond donors (Lipinski definition) is 2. The van der Waals surface area contributed by atoms with E-state index in [2.05, 4.69) is 27.4 Å². The molecule has 0 spiro atoms. The second kappa shape index (κ2) is 5.82. The van der Waals surface area contributed by atoms with Crippen LogP contribution in [0.2, 0.25) is 0 Å². The van der Waals surface area contributed by atoms with Crippen LogP contribution in [0.25, 0.3) is 21.1 Å². The number of aromatic amines is 1. The van der Waals surface area contributed by atoms with Crippen molar-refractivity contribution in [2.45, 2.75) is 25.9 Å². The van der Waals surface area contributed by atoms with Crippen molar-refractivity contribution in [2.24, 2.45) is 0 Å². The number of H-pyrrole nitrogens is 1. The summed E-state index contributed by atoms with van der Waals surface area (Å²) < 4.78 is 1.76. The summed E-state index contributed by atoms with van der Waals surface area (Å²) in [4.78, 5) is 23.0. The number of rotatable bonds is 3. The van der Waals surface area contributed by atoms with Gasteiger partial charge in [0.25, 0.3) is 5.56 Å². The summed E-state index contributed by atoms with van der Waals surface area (Å²) in [6.45, 7) is 2.43. The van der Waals surface area contributed by atoms with Crippen LogP contribution >= 0.6 is 11.3 Å². The molecule has 0 atom stereocenters. The van der Waals surface area contributed by atoms with Crippen LogP contribution in [0.3, 0.4) is 0 Å². The molecular formula is C19H18N4OS. The second-order valence-corrected chi connectivity index (χ2v) is 7.55. The minimum absolute atomic E-state index is 0.101. The molecule has 5 nitrogen and oxygen atoms in total. The topological polar surface area (TPSA) is 62.7 Å². The summed E-state index contributed by atoms with van der Waals surface area (Å²) in [6, 6.07) is 8.27. The first-order valence-corrected chi connectivity index (χ1v) is 9.38. The number of thiophene rings is 1. The normalized spacial score (nSPS) is 14.2. The molecule has 0 fully saturated rings. The van der Waals surface area contributed by atoms with Crippen molar-refractivity contribution in [1.82, 2.24) is 19.9 Å². The molecule has 1 aromatic carbocycles. The van der Waals surface area contributed by atoms with E-state index in [4.69, 9.17) is 0 Å². The van der Waals surface area contributed by atoms with Crippen LogP contribution < -0.4 is 10.9 Å². The molecule has 25 heavy (non-hydrogen) atoms. The molecule has 2 N–H and O–H groups in total. The van der Waals surface area contributed by atoms with Gasteiger partial charge < -0.3 is 10.3 Å². The van der Waals surface area contributed by atoms with Crippen LogP contribution in [-0.2, 0) is 25.9 Å². The Labute approximate surface area is 148 Å². The van der Waals surface area contributed by atoms with Gasteiger partial charge in [-0.1, -0.05) is 18.2 Å². The summed E-state index contributed by atoms with van der Waals surface area (Å²) in [7, 11) is 0. The number of benzene rings is 1. The van der Waals surface area contributed by atoms with Gasteiger partial charge in [0.15, 0.2) is 0 Å². The zero-order valence-electron chi connectivity index (χ0n) is 13.7. The number of nitrogens with zero attached hydrogens (tertiary/aromatic N) is 2. The van der Waals surface area contributed by atoms with Gasteiger partial charge in [-0.2, -0.15) is 0 Å². The molecule has 4 heterocycles. The minimum Gasteiger partial charge on any atom is -0.361 e. The lowest BCUT2D eigenvalue weighted by Gasteiger charge is -2.12. The van der Waals surface area contributed by atoms with Gasteiger partial charge in [0.1, 0.15) is 4.83 Å². The molecule has 0 bridgehead atoms.